The first-order valence-corrected chi connectivity index (χ1v) is 8.45. The molecule has 0 amide bonds. The van der Waals surface area contributed by atoms with E-state index < -0.39 is 15.8 Å². The first-order chi connectivity index (χ1) is 9.83. The highest BCUT2D eigenvalue weighted by Crippen LogP contribution is 2.25. The highest BCUT2D eigenvalue weighted by Gasteiger charge is 2.17. The molecule has 0 spiro atoms. The van der Waals surface area contributed by atoms with E-state index in [1.54, 1.807) is 0 Å². The third-order valence-electron chi connectivity index (χ3n) is 2.55. The first-order valence-electron chi connectivity index (χ1n) is 5.51. The summed E-state index contributed by atoms with van der Waals surface area (Å²) in [7, 11) is -3.87. The van der Waals surface area contributed by atoms with Gasteiger partial charge in [-0.2, -0.15) is 5.26 Å². The predicted octanol–water partition coefficient (Wildman–Crippen LogP) is 3.76. The van der Waals surface area contributed by atoms with Gasteiger partial charge in [0, 0.05) is 3.57 Å². The second kappa shape index (κ2) is 6.17. The lowest BCUT2D eigenvalue weighted by Gasteiger charge is -2.10. The lowest BCUT2D eigenvalue weighted by molar-refractivity contribution is 0.601. The molecule has 0 bridgehead atoms. The molecule has 1 N–H and O–H groups in total. The van der Waals surface area contributed by atoms with Crippen molar-refractivity contribution in [3.63, 3.8) is 0 Å². The van der Waals surface area contributed by atoms with Crippen LogP contribution in [-0.4, -0.2) is 8.42 Å². The normalized spacial score (nSPS) is 11.0. The third kappa shape index (κ3) is 3.64. The third-order valence-corrected chi connectivity index (χ3v) is 5.12. The van der Waals surface area contributed by atoms with Crippen LogP contribution in [0.25, 0.3) is 0 Å². The summed E-state index contributed by atoms with van der Waals surface area (Å²) >= 11 is 7.65. The predicted molar refractivity (Wildman–Crippen MR) is 86.1 cm³/mol. The van der Waals surface area contributed by atoms with Gasteiger partial charge in [0.15, 0.2) is 0 Å². The van der Waals surface area contributed by atoms with E-state index in [4.69, 9.17) is 16.9 Å². The first kappa shape index (κ1) is 16.0. The molecule has 0 aliphatic carbocycles. The number of benzene rings is 2. The number of sulfonamides is 1. The summed E-state index contributed by atoms with van der Waals surface area (Å²) in [5.41, 5.74) is 0.449. The van der Waals surface area contributed by atoms with Gasteiger partial charge < -0.3 is 0 Å². The van der Waals surface area contributed by atoms with Crippen molar-refractivity contribution < 1.29 is 12.8 Å². The second-order valence-electron chi connectivity index (χ2n) is 3.98. The van der Waals surface area contributed by atoms with Crippen LogP contribution < -0.4 is 4.72 Å². The van der Waals surface area contributed by atoms with Gasteiger partial charge in [-0.3, -0.25) is 4.72 Å². The summed E-state index contributed by atoms with van der Waals surface area (Å²) in [5, 5.41) is 8.82. The maximum atomic E-state index is 13.0. The maximum absolute atomic E-state index is 13.0. The topological polar surface area (TPSA) is 70.0 Å². The van der Waals surface area contributed by atoms with Crippen LogP contribution in [0.3, 0.4) is 0 Å². The van der Waals surface area contributed by atoms with E-state index >= 15 is 0 Å². The van der Waals surface area contributed by atoms with Crippen molar-refractivity contribution in [1.29, 1.82) is 5.26 Å². The molecule has 2 aromatic carbocycles. The van der Waals surface area contributed by atoms with Gasteiger partial charge in [0.2, 0.25) is 0 Å². The van der Waals surface area contributed by atoms with Crippen molar-refractivity contribution in [3.8, 4) is 6.07 Å². The van der Waals surface area contributed by atoms with Crippen LogP contribution in [0.2, 0.25) is 5.02 Å². The zero-order valence-corrected chi connectivity index (χ0v) is 14.0. The lowest BCUT2D eigenvalue weighted by Crippen LogP contribution is -2.14. The van der Waals surface area contributed by atoms with E-state index in [9.17, 15) is 12.8 Å². The zero-order chi connectivity index (χ0) is 15.6. The van der Waals surface area contributed by atoms with Gasteiger partial charge in [0.25, 0.3) is 10.0 Å². The van der Waals surface area contributed by atoms with Gasteiger partial charge in [-0.1, -0.05) is 11.6 Å². The number of hydrogen-bond donors (Lipinski definition) is 1. The van der Waals surface area contributed by atoms with Gasteiger partial charge in [-0.25, -0.2) is 12.8 Å². The summed E-state index contributed by atoms with van der Waals surface area (Å²) in [5.74, 6) is -0.455. The summed E-state index contributed by atoms with van der Waals surface area (Å²) in [6.45, 7) is 0. The fraction of sp³-hybridized carbons (Fsp3) is 0. The Hall–Kier alpha value is -1.37. The Bertz CT molecular complexity index is 850. The van der Waals surface area contributed by atoms with E-state index in [1.807, 2.05) is 28.7 Å². The molecular weight excluding hydrogens is 430 g/mol. The van der Waals surface area contributed by atoms with Crippen LogP contribution >= 0.6 is 34.2 Å². The van der Waals surface area contributed by atoms with Crippen LogP contribution in [0.15, 0.2) is 41.3 Å². The molecule has 0 heterocycles. The smallest absolute Gasteiger partial charge is 0.261 e. The molecule has 0 saturated heterocycles. The van der Waals surface area contributed by atoms with Crippen LogP contribution in [0.4, 0.5) is 10.1 Å². The van der Waals surface area contributed by atoms with Crippen molar-refractivity contribution in [2.75, 3.05) is 4.72 Å². The summed E-state index contributed by atoms with van der Waals surface area (Å²) < 4.78 is 40.3. The van der Waals surface area contributed by atoms with Gasteiger partial charge in [0.05, 0.1) is 21.2 Å². The average Bonchev–Trinajstić information content (AvgIpc) is 2.42. The van der Waals surface area contributed by atoms with Gasteiger partial charge >= 0.3 is 0 Å². The van der Waals surface area contributed by atoms with Crippen molar-refractivity contribution in [1.82, 2.24) is 0 Å². The van der Waals surface area contributed by atoms with E-state index in [0.717, 1.165) is 6.07 Å². The Morgan fingerprint density at radius 3 is 2.52 bits per heavy atom. The molecule has 0 saturated carbocycles. The van der Waals surface area contributed by atoms with Gasteiger partial charge in [0.1, 0.15) is 11.9 Å². The molecule has 2 aromatic rings. The van der Waals surface area contributed by atoms with Crippen LogP contribution in [-0.2, 0) is 10.0 Å². The fourth-order valence-corrected chi connectivity index (χ4v) is 3.72. The Balaban J connectivity index is 2.39. The number of hydrogen-bond acceptors (Lipinski definition) is 3. The summed E-state index contributed by atoms with van der Waals surface area (Å²) in [6, 6.07) is 9.35. The molecule has 108 valence electrons. The minimum atomic E-state index is -3.87. The quantitative estimate of drug-likeness (QED) is 0.745. The van der Waals surface area contributed by atoms with E-state index in [-0.39, 0.29) is 21.2 Å². The minimum Gasteiger partial charge on any atom is -0.279 e. The number of nitriles is 1. The van der Waals surface area contributed by atoms with Gasteiger partial charge in [-0.15, -0.1) is 0 Å². The summed E-state index contributed by atoms with van der Waals surface area (Å²) in [4.78, 5) is -0.0772. The molecule has 0 aliphatic heterocycles. The Morgan fingerprint density at radius 1 is 1.24 bits per heavy atom. The van der Waals surface area contributed by atoms with E-state index in [0.29, 0.717) is 3.57 Å². The molecule has 8 heteroatoms. The van der Waals surface area contributed by atoms with Crippen molar-refractivity contribution in [2.45, 2.75) is 4.90 Å². The van der Waals surface area contributed by atoms with Crippen LogP contribution in [0, 0.1) is 20.7 Å². The number of anilines is 1. The molecule has 0 atom stereocenters. The highest BCUT2D eigenvalue weighted by molar-refractivity contribution is 14.1. The monoisotopic (exact) mass is 436 g/mol. The number of nitrogens with zero attached hydrogens (tertiary/aromatic N) is 1. The zero-order valence-electron chi connectivity index (χ0n) is 10.3. The van der Waals surface area contributed by atoms with Crippen LogP contribution in [0.5, 0.6) is 0 Å². The second-order valence-corrected chi connectivity index (χ2v) is 7.23. The van der Waals surface area contributed by atoms with Crippen LogP contribution in [0.1, 0.15) is 5.56 Å². The molecule has 0 aliphatic rings. The molecule has 2 rings (SSSR count). The van der Waals surface area contributed by atoms with Crippen molar-refractivity contribution in [2.24, 2.45) is 0 Å². The van der Waals surface area contributed by atoms with Crippen molar-refractivity contribution >= 4 is 49.9 Å². The highest BCUT2D eigenvalue weighted by atomic mass is 127. The van der Waals surface area contributed by atoms with Gasteiger partial charge in [-0.05, 0) is 59.0 Å². The number of halogens is 3. The molecule has 0 fully saturated rings. The molecular formula is C13H7ClFIN2O2S. The Kier molecular flexibility index (Phi) is 4.70. The summed E-state index contributed by atoms with van der Waals surface area (Å²) in [6.07, 6.45) is 0. The largest absolute Gasteiger partial charge is 0.279 e. The van der Waals surface area contributed by atoms with Crippen molar-refractivity contribution in [3.05, 3.63) is 56.4 Å². The Morgan fingerprint density at radius 2 is 1.95 bits per heavy atom. The molecule has 0 aromatic heterocycles. The molecule has 0 unspecified atom stereocenters. The SMILES string of the molecule is N#Cc1ccc(S(=O)(=O)Nc2ccc(F)cc2I)cc1Cl. The van der Waals surface area contributed by atoms with E-state index in [1.165, 1.54) is 30.3 Å². The lowest BCUT2D eigenvalue weighted by atomic mass is 10.2. The molecule has 0 radical (unpaired) electrons. The maximum Gasteiger partial charge on any atom is 0.261 e. The fourth-order valence-electron chi connectivity index (χ4n) is 1.53. The number of rotatable bonds is 3. The average molecular weight is 437 g/mol. The Labute approximate surface area is 139 Å². The van der Waals surface area contributed by atoms with E-state index in [2.05, 4.69) is 4.72 Å². The molecule has 4 nitrogen and oxygen atoms in total. The molecule has 21 heavy (non-hydrogen) atoms. The minimum absolute atomic E-state index is 0.0502. The number of nitrogens with one attached hydrogen (secondary N) is 1. The standard InChI is InChI=1S/C13H7ClFIN2O2S/c14-11-6-10(3-1-8(11)7-17)21(19,20)18-13-4-2-9(15)5-12(13)16/h1-6,18H.